The highest BCUT2D eigenvalue weighted by molar-refractivity contribution is 5.10. The molecule has 0 aliphatic heterocycles. The first-order chi connectivity index (χ1) is 6.74. The van der Waals surface area contributed by atoms with E-state index < -0.39 is 0 Å². The Bertz CT molecular complexity index is 216. The van der Waals surface area contributed by atoms with Crippen molar-refractivity contribution in [2.45, 2.75) is 52.4 Å². The van der Waals surface area contributed by atoms with Crippen molar-refractivity contribution in [1.29, 1.82) is 0 Å². The maximum absolute atomic E-state index is 4.28. The van der Waals surface area contributed by atoms with Crippen LogP contribution in [0.1, 0.15) is 52.4 Å². The van der Waals surface area contributed by atoms with E-state index in [0.29, 0.717) is 0 Å². The summed E-state index contributed by atoms with van der Waals surface area (Å²) in [7, 11) is 0. The largest absolute Gasteiger partial charge is 0.0996 e. The van der Waals surface area contributed by atoms with Gasteiger partial charge in [0, 0.05) is 0 Å². The van der Waals surface area contributed by atoms with Crippen LogP contribution in [-0.4, -0.2) is 0 Å². The Balaban J connectivity index is 2.06. The third-order valence-electron chi connectivity index (χ3n) is 4.81. The molecule has 0 saturated heterocycles. The molecule has 0 heteroatoms. The molecule has 2 aliphatic rings. The molecule has 0 spiro atoms. The fraction of sp³-hybridized carbons (Fsp3) is 0.857. The highest BCUT2D eigenvalue weighted by Gasteiger charge is 2.40. The summed E-state index contributed by atoms with van der Waals surface area (Å²) >= 11 is 0. The zero-order valence-electron chi connectivity index (χ0n) is 9.76. The molecule has 0 N–H and O–H groups in total. The van der Waals surface area contributed by atoms with Crippen LogP contribution in [0.5, 0.6) is 0 Å². The molecule has 0 radical (unpaired) electrons. The molecule has 0 aromatic rings. The van der Waals surface area contributed by atoms with E-state index in [0.717, 1.165) is 23.7 Å². The summed E-state index contributed by atoms with van der Waals surface area (Å²) in [6, 6.07) is 0. The maximum Gasteiger partial charge on any atom is -0.0175 e. The van der Waals surface area contributed by atoms with Gasteiger partial charge in [0.25, 0.3) is 0 Å². The summed E-state index contributed by atoms with van der Waals surface area (Å²) in [4.78, 5) is 0. The lowest BCUT2D eigenvalue weighted by Gasteiger charge is -2.33. The Morgan fingerprint density at radius 2 is 2.14 bits per heavy atom. The van der Waals surface area contributed by atoms with Crippen LogP contribution in [0.4, 0.5) is 0 Å². The van der Waals surface area contributed by atoms with Crippen LogP contribution in [0, 0.1) is 23.7 Å². The molecule has 0 aromatic carbocycles. The van der Waals surface area contributed by atoms with Gasteiger partial charge in [-0.1, -0.05) is 32.4 Å². The number of hydrogen-bond acceptors (Lipinski definition) is 0. The third kappa shape index (κ3) is 1.64. The van der Waals surface area contributed by atoms with E-state index in [2.05, 4.69) is 20.4 Å². The van der Waals surface area contributed by atoms with Crippen LogP contribution in [-0.2, 0) is 0 Å². The summed E-state index contributed by atoms with van der Waals surface area (Å²) in [5.41, 5.74) is 1.58. The van der Waals surface area contributed by atoms with E-state index in [-0.39, 0.29) is 0 Å². The molecule has 4 unspecified atom stereocenters. The van der Waals surface area contributed by atoms with Crippen LogP contribution in [0.25, 0.3) is 0 Å². The van der Waals surface area contributed by atoms with Crippen LogP contribution in [0.15, 0.2) is 12.2 Å². The van der Waals surface area contributed by atoms with E-state index in [1.165, 1.54) is 38.5 Å². The number of rotatable bonds is 2. The molecule has 0 heterocycles. The summed E-state index contributed by atoms with van der Waals surface area (Å²) in [5.74, 6) is 3.87. The molecule has 0 nitrogen and oxygen atoms in total. The van der Waals surface area contributed by atoms with Gasteiger partial charge >= 0.3 is 0 Å². The van der Waals surface area contributed by atoms with Crippen LogP contribution >= 0.6 is 0 Å². The van der Waals surface area contributed by atoms with Gasteiger partial charge in [0.1, 0.15) is 0 Å². The van der Waals surface area contributed by atoms with Gasteiger partial charge < -0.3 is 0 Å². The Hall–Kier alpha value is -0.260. The predicted octanol–water partition coefficient (Wildman–Crippen LogP) is 4.42. The minimum atomic E-state index is 0.905. The van der Waals surface area contributed by atoms with Crippen molar-refractivity contribution in [1.82, 2.24) is 0 Å². The van der Waals surface area contributed by atoms with Gasteiger partial charge in [-0.25, -0.2) is 0 Å². The van der Waals surface area contributed by atoms with Crippen molar-refractivity contribution in [3.05, 3.63) is 12.2 Å². The average Bonchev–Trinajstić information content (AvgIpc) is 2.62. The normalized spacial score (nSPS) is 39.6. The van der Waals surface area contributed by atoms with Crippen molar-refractivity contribution in [2.75, 3.05) is 0 Å². The molecule has 2 rings (SSSR count). The minimum absolute atomic E-state index is 0.905. The molecule has 0 bridgehead atoms. The van der Waals surface area contributed by atoms with E-state index in [9.17, 15) is 0 Å². The number of fused-ring (bicyclic) bond motifs is 1. The van der Waals surface area contributed by atoms with Gasteiger partial charge in [-0.3, -0.25) is 0 Å². The lowest BCUT2D eigenvalue weighted by molar-refractivity contribution is 0.215. The SMILES string of the molecule is C=C1CCCC2C1CCC2C(C)CC. The second-order valence-electron chi connectivity index (χ2n) is 5.45. The maximum atomic E-state index is 4.28. The summed E-state index contributed by atoms with van der Waals surface area (Å²) in [5, 5.41) is 0. The lowest BCUT2D eigenvalue weighted by atomic mass is 9.72. The van der Waals surface area contributed by atoms with Gasteiger partial charge in [0.15, 0.2) is 0 Å². The van der Waals surface area contributed by atoms with Crippen molar-refractivity contribution < 1.29 is 0 Å². The number of allylic oxidation sites excluding steroid dienone is 1. The van der Waals surface area contributed by atoms with Crippen molar-refractivity contribution >= 4 is 0 Å². The zero-order chi connectivity index (χ0) is 10.1. The topological polar surface area (TPSA) is 0 Å². The minimum Gasteiger partial charge on any atom is -0.0996 e. The zero-order valence-corrected chi connectivity index (χ0v) is 9.76. The standard InChI is InChI=1S/C14H24/c1-4-10(2)12-8-9-13-11(3)6-5-7-14(12)13/h10,12-14H,3-9H2,1-2H3. The monoisotopic (exact) mass is 192 g/mol. The molecule has 4 atom stereocenters. The summed E-state index contributed by atoms with van der Waals surface area (Å²) < 4.78 is 0. The van der Waals surface area contributed by atoms with Crippen LogP contribution < -0.4 is 0 Å². The molecule has 2 aliphatic carbocycles. The van der Waals surface area contributed by atoms with E-state index in [1.807, 2.05) is 0 Å². The van der Waals surface area contributed by atoms with Gasteiger partial charge in [-0.05, 0) is 55.8 Å². The fourth-order valence-corrected chi connectivity index (χ4v) is 3.78. The highest BCUT2D eigenvalue weighted by Crippen LogP contribution is 2.50. The smallest absolute Gasteiger partial charge is 0.0175 e. The van der Waals surface area contributed by atoms with Gasteiger partial charge in [0.2, 0.25) is 0 Å². The first-order valence-electron chi connectivity index (χ1n) is 6.41. The molecular weight excluding hydrogens is 168 g/mol. The second-order valence-corrected chi connectivity index (χ2v) is 5.45. The molecule has 2 fully saturated rings. The van der Waals surface area contributed by atoms with Crippen LogP contribution in [0.2, 0.25) is 0 Å². The number of hydrogen-bond donors (Lipinski definition) is 0. The highest BCUT2D eigenvalue weighted by atomic mass is 14.5. The van der Waals surface area contributed by atoms with Crippen molar-refractivity contribution in [2.24, 2.45) is 23.7 Å². The fourth-order valence-electron chi connectivity index (χ4n) is 3.78. The molecule has 0 amide bonds. The van der Waals surface area contributed by atoms with Gasteiger partial charge in [-0.15, -0.1) is 0 Å². The average molecular weight is 192 g/mol. The van der Waals surface area contributed by atoms with E-state index in [1.54, 1.807) is 5.57 Å². The van der Waals surface area contributed by atoms with Crippen LogP contribution in [0.3, 0.4) is 0 Å². The Morgan fingerprint density at radius 3 is 2.86 bits per heavy atom. The van der Waals surface area contributed by atoms with Crippen molar-refractivity contribution in [3.63, 3.8) is 0 Å². The molecule has 80 valence electrons. The summed E-state index contributed by atoms with van der Waals surface area (Å²) in [6.07, 6.45) is 8.49. The Kier molecular flexibility index (Phi) is 2.99. The first kappa shape index (κ1) is 10.3. The second kappa shape index (κ2) is 4.08. The Labute approximate surface area is 88.8 Å². The Morgan fingerprint density at radius 1 is 1.36 bits per heavy atom. The van der Waals surface area contributed by atoms with Gasteiger partial charge in [0.05, 0.1) is 0 Å². The lowest BCUT2D eigenvalue weighted by Crippen LogP contribution is -2.24. The predicted molar refractivity (Wildman–Crippen MR) is 62.2 cm³/mol. The molecule has 14 heavy (non-hydrogen) atoms. The quantitative estimate of drug-likeness (QED) is 0.568. The van der Waals surface area contributed by atoms with Crippen molar-refractivity contribution in [3.8, 4) is 0 Å². The first-order valence-corrected chi connectivity index (χ1v) is 6.41. The molecule has 0 aromatic heterocycles. The van der Waals surface area contributed by atoms with E-state index in [4.69, 9.17) is 0 Å². The van der Waals surface area contributed by atoms with Gasteiger partial charge in [-0.2, -0.15) is 0 Å². The van der Waals surface area contributed by atoms with E-state index >= 15 is 0 Å². The third-order valence-corrected chi connectivity index (χ3v) is 4.81. The molecule has 2 saturated carbocycles. The summed E-state index contributed by atoms with van der Waals surface area (Å²) in [6.45, 7) is 9.07. The molecular formula is C14H24.